The third-order valence-electron chi connectivity index (χ3n) is 4.65. The van der Waals surface area contributed by atoms with E-state index in [-0.39, 0.29) is 11.6 Å². The first kappa shape index (κ1) is 18.9. The number of nitrogens with one attached hydrogen (secondary N) is 1. The second-order valence-corrected chi connectivity index (χ2v) is 6.56. The minimum atomic E-state index is -4.90. The number of alkyl halides is 3. The summed E-state index contributed by atoms with van der Waals surface area (Å²) >= 11 is 0. The molecule has 1 aliphatic rings. The summed E-state index contributed by atoms with van der Waals surface area (Å²) in [4.78, 5) is 23.1. The van der Waals surface area contributed by atoms with Gasteiger partial charge in [0.05, 0.1) is 11.9 Å². The van der Waals surface area contributed by atoms with Crippen molar-refractivity contribution < 1.29 is 27.9 Å². The monoisotopic (exact) mass is 381 g/mol. The molecule has 0 aliphatic heterocycles. The van der Waals surface area contributed by atoms with Gasteiger partial charge in [-0.1, -0.05) is 25.3 Å². The Balaban J connectivity index is 1.81. The Morgan fingerprint density at radius 1 is 1.30 bits per heavy atom. The molecule has 0 radical (unpaired) electrons. The molecule has 0 unspecified atom stereocenters. The van der Waals surface area contributed by atoms with Crippen LogP contribution in [0.25, 0.3) is 5.69 Å². The fourth-order valence-electron chi connectivity index (χ4n) is 3.03. The SMILES string of the molecule is O=C(CCC1CCC1)Nc1cccc(-n2ncc(C(=O)O)c2C(F)(F)F)c1. The number of benzene rings is 1. The van der Waals surface area contributed by atoms with Gasteiger partial charge in [0, 0.05) is 12.1 Å². The number of hydrogen-bond acceptors (Lipinski definition) is 3. The lowest BCUT2D eigenvalue weighted by Crippen LogP contribution is -2.18. The normalized spacial score (nSPS) is 14.6. The first-order chi connectivity index (χ1) is 12.8. The summed E-state index contributed by atoms with van der Waals surface area (Å²) in [6.07, 6.45) is 0.375. The highest BCUT2D eigenvalue weighted by Gasteiger charge is 2.40. The first-order valence-corrected chi connectivity index (χ1v) is 8.54. The highest BCUT2D eigenvalue weighted by molar-refractivity contribution is 5.91. The van der Waals surface area contributed by atoms with E-state index >= 15 is 0 Å². The molecule has 6 nitrogen and oxygen atoms in total. The Morgan fingerprint density at radius 3 is 2.63 bits per heavy atom. The zero-order valence-electron chi connectivity index (χ0n) is 14.3. The van der Waals surface area contributed by atoms with Crippen LogP contribution in [0.15, 0.2) is 30.5 Å². The molecular weight excluding hydrogens is 363 g/mol. The Bertz CT molecular complexity index is 857. The van der Waals surface area contributed by atoms with Crippen LogP contribution in [0.2, 0.25) is 0 Å². The van der Waals surface area contributed by atoms with E-state index in [9.17, 15) is 22.8 Å². The molecule has 0 bridgehead atoms. The maximum atomic E-state index is 13.3. The number of hydrogen-bond donors (Lipinski definition) is 2. The average molecular weight is 381 g/mol. The van der Waals surface area contributed by atoms with Crippen molar-refractivity contribution in [1.82, 2.24) is 9.78 Å². The van der Waals surface area contributed by atoms with Gasteiger partial charge in [-0.25, -0.2) is 9.48 Å². The lowest BCUT2D eigenvalue weighted by Gasteiger charge is -2.24. The van der Waals surface area contributed by atoms with Gasteiger partial charge >= 0.3 is 12.1 Å². The first-order valence-electron chi connectivity index (χ1n) is 8.54. The summed E-state index contributed by atoms with van der Waals surface area (Å²) in [5.41, 5.74) is -1.97. The van der Waals surface area contributed by atoms with Crippen molar-refractivity contribution in [3.05, 3.63) is 41.7 Å². The van der Waals surface area contributed by atoms with Gasteiger partial charge in [-0.3, -0.25) is 4.79 Å². The van der Waals surface area contributed by atoms with E-state index in [2.05, 4.69) is 10.4 Å². The maximum absolute atomic E-state index is 13.3. The Labute approximate surface area is 153 Å². The largest absolute Gasteiger partial charge is 0.478 e. The molecule has 2 aromatic rings. The van der Waals surface area contributed by atoms with Crippen molar-refractivity contribution in [2.45, 2.75) is 38.3 Å². The molecule has 1 amide bonds. The molecule has 0 spiro atoms. The van der Waals surface area contributed by atoms with Crippen molar-refractivity contribution >= 4 is 17.6 Å². The molecular formula is C18H18F3N3O3. The second kappa shape index (κ2) is 7.42. The summed E-state index contributed by atoms with van der Waals surface area (Å²) in [5.74, 6) is -1.34. The van der Waals surface area contributed by atoms with Crippen LogP contribution in [0, 0.1) is 5.92 Å². The summed E-state index contributed by atoms with van der Waals surface area (Å²) in [5, 5.41) is 15.2. The van der Waals surface area contributed by atoms with Gasteiger partial charge in [-0.2, -0.15) is 18.3 Å². The molecule has 1 heterocycles. The maximum Gasteiger partial charge on any atom is 0.434 e. The average Bonchev–Trinajstić information content (AvgIpc) is 2.99. The molecule has 1 aliphatic carbocycles. The molecule has 1 fully saturated rings. The van der Waals surface area contributed by atoms with Gasteiger partial charge in [0.2, 0.25) is 5.91 Å². The zero-order chi connectivity index (χ0) is 19.6. The fourth-order valence-corrected chi connectivity index (χ4v) is 3.03. The quantitative estimate of drug-likeness (QED) is 0.789. The summed E-state index contributed by atoms with van der Waals surface area (Å²) in [7, 11) is 0. The number of aromatic carboxylic acids is 1. The lowest BCUT2D eigenvalue weighted by atomic mass is 9.82. The van der Waals surface area contributed by atoms with Gasteiger partial charge in [0.1, 0.15) is 5.56 Å². The third-order valence-corrected chi connectivity index (χ3v) is 4.65. The van der Waals surface area contributed by atoms with Crippen LogP contribution in [0.5, 0.6) is 0 Å². The smallest absolute Gasteiger partial charge is 0.434 e. The van der Waals surface area contributed by atoms with E-state index in [1.165, 1.54) is 24.6 Å². The molecule has 2 N–H and O–H groups in total. The van der Waals surface area contributed by atoms with E-state index in [0.717, 1.165) is 19.3 Å². The molecule has 144 valence electrons. The van der Waals surface area contributed by atoms with E-state index in [1.54, 1.807) is 6.07 Å². The van der Waals surface area contributed by atoms with Gasteiger partial charge in [0.15, 0.2) is 5.69 Å². The standard InChI is InChI=1S/C18H18F3N3O3/c19-18(20,21)16-14(17(26)27)10-22-24(16)13-6-2-5-12(9-13)23-15(25)8-7-11-3-1-4-11/h2,5-6,9-11H,1,3-4,7-8H2,(H,23,25)(H,26,27). The van der Waals surface area contributed by atoms with E-state index in [0.29, 0.717) is 28.9 Å². The second-order valence-electron chi connectivity index (χ2n) is 6.56. The minimum absolute atomic E-state index is 0.00613. The number of carbonyl (C=O) groups excluding carboxylic acids is 1. The number of aromatic nitrogens is 2. The number of carboxylic acid groups (broad SMARTS) is 1. The summed E-state index contributed by atoms with van der Waals surface area (Å²) in [6.45, 7) is 0. The van der Waals surface area contributed by atoms with Gasteiger partial charge < -0.3 is 10.4 Å². The summed E-state index contributed by atoms with van der Waals surface area (Å²) < 4.78 is 40.5. The topological polar surface area (TPSA) is 84.2 Å². The van der Waals surface area contributed by atoms with Crippen molar-refractivity contribution in [3.63, 3.8) is 0 Å². The van der Waals surface area contributed by atoms with E-state index < -0.39 is 23.4 Å². The van der Waals surface area contributed by atoms with Crippen LogP contribution >= 0.6 is 0 Å². The Kier molecular flexibility index (Phi) is 5.20. The number of rotatable bonds is 6. The number of carboxylic acids is 1. The van der Waals surface area contributed by atoms with Gasteiger partial charge in [0.25, 0.3) is 0 Å². The zero-order valence-corrected chi connectivity index (χ0v) is 14.3. The van der Waals surface area contributed by atoms with E-state index in [1.807, 2.05) is 0 Å². The van der Waals surface area contributed by atoms with Crippen molar-refractivity contribution in [3.8, 4) is 5.69 Å². The number of halogens is 3. The van der Waals surface area contributed by atoms with Crippen LogP contribution in [0.4, 0.5) is 18.9 Å². The molecule has 1 aromatic heterocycles. The van der Waals surface area contributed by atoms with Crippen LogP contribution in [-0.2, 0) is 11.0 Å². The lowest BCUT2D eigenvalue weighted by molar-refractivity contribution is -0.143. The van der Waals surface area contributed by atoms with Crippen molar-refractivity contribution in [2.75, 3.05) is 5.32 Å². The van der Waals surface area contributed by atoms with Gasteiger partial charge in [-0.15, -0.1) is 0 Å². The number of carbonyl (C=O) groups is 2. The molecule has 0 atom stereocenters. The number of nitrogens with zero attached hydrogens (tertiary/aromatic N) is 2. The van der Waals surface area contributed by atoms with Crippen molar-refractivity contribution in [2.24, 2.45) is 5.92 Å². The van der Waals surface area contributed by atoms with Gasteiger partial charge in [-0.05, 0) is 30.5 Å². The molecule has 1 saturated carbocycles. The predicted octanol–water partition coefficient (Wildman–Crippen LogP) is 4.11. The summed E-state index contributed by atoms with van der Waals surface area (Å²) in [6, 6.07) is 5.71. The molecule has 1 aromatic carbocycles. The van der Waals surface area contributed by atoms with Crippen LogP contribution in [0.3, 0.4) is 0 Å². The van der Waals surface area contributed by atoms with Crippen LogP contribution in [-0.4, -0.2) is 26.8 Å². The van der Waals surface area contributed by atoms with Crippen LogP contribution < -0.4 is 5.32 Å². The number of anilines is 1. The third kappa shape index (κ3) is 4.29. The minimum Gasteiger partial charge on any atom is -0.478 e. The van der Waals surface area contributed by atoms with E-state index in [4.69, 9.17) is 5.11 Å². The molecule has 3 rings (SSSR count). The fraction of sp³-hybridized carbons (Fsp3) is 0.389. The van der Waals surface area contributed by atoms with Crippen molar-refractivity contribution in [1.29, 1.82) is 0 Å². The molecule has 27 heavy (non-hydrogen) atoms. The van der Waals surface area contributed by atoms with Crippen LogP contribution in [0.1, 0.15) is 48.2 Å². The molecule has 0 saturated heterocycles. The highest BCUT2D eigenvalue weighted by atomic mass is 19.4. The highest BCUT2D eigenvalue weighted by Crippen LogP contribution is 2.34. The predicted molar refractivity (Wildman–Crippen MR) is 90.7 cm³/mol. The number of amides is 1. The Hall–Kier alpha value is -2.84. The molecule has 9 heteroatoms. The Morgan fingerprint density at radius 2 is 2.04 bits per heavy atom.